The summed E-state index contributed by atoms with van der Waals surface area (Å²) in [4.78, 5) is 19.2. The van der Waals surface area contributed by atoms with Crippen molar-refractivity contribution >= 4 is 5.97 Å². The third kappa shape index (κ3) is 1.94. The smallest absolute Gasteiger partial charge is 0.358 e. The minimum Gasteiger partial charge on any atom is -0.476 e. The van der Waals surface area contributed by atoms with Crippen LogP contribution in [-0.4, -0.2) is 36.0 Å². The van der Waals surface area contributed by atoms with Crippen LogP contribution in [0.1, 0.15) is 40.6 Å². The molecule has 2 heterocycles. The summed E-state index contributed by atoms with van der Waals surface area (Å²) in [5, 5.41) is 16.7. The number of carbonyl (C=O) groups is 1. The summed E-state index contributed by atoms with van der Waals surface area (Å²) in [5.41, 5.74) is 1.50. The highest BCUT2D eigenvalue weighted by atomic mass is 16.4. The van der Waals surface area contributed by atoms with E-state index in [1.54, 1.807) is 23.3 Å². The Morgan fingerprint density at radius 1 is 1.44 bits per heavy atom. The maximum absolute atomic E-state index is 11.1. The van der Waals surface area contributed by atoms with Crippen LogP contribution in [0.15, 0.2) is 18.6 Å². The van der Waals surface area contributed by atoms with Gasteiger partial charge in [0, 0.05) is 18.3 Å². The van der Waals surface area contributed by atoms with Crippen molar-refractivity contribution in [3.05, 3.63) is 35.7 Å². The molecule has 0 amide bonds. The Morgan fingerprint density at radius 3 is 2.89 bits per heavy atom. The van der Waals surface area contributed by atoms with Crippen molar-refractivity contribution in [3.8, 4) is 0 Å². The van der Waals surface area contributed by atoms with Gasteiger partial charge < -0.3 is 5.11 Å². The van der Waals surface area contributed by atoms with Crippen molar-refractivity contribution in [3.63, 3.8) is 0 Å². The number of carboxylic acid groups (broad SMARTS) is 1. The topological polar surface area (TPSA) is 93.8 Å². The van der Waals surface area contributed by atoms with E-state index in [2.05, 4.69) is 20.3 Å². The average Bonchev–Trinajstić information content (AvgIpc) is 3.12. The zero-order chi connectivity index (χ0) is 12.5. The molecule has 0 aliphatic heterocycles. The molecule has 7 heteroatoms. The third-order valence-electron chi connectivity index (χ3n) is 2.87. The first kappa shape index (κ1) is 10.8. The highest BCUT2D eigenvalue weighted by molar-refractivity contribution is 5.86. The summed E-state index contributed by atoms with van der Waals surface area (Å²) in [6, 6.07) is 0. The highest BCUT2D eigenvalue weighted by Gasteiger charge is 2.33. The first-order valence-electron chi connectivity index (χ1n) is 5.67. The summed E-state index contributed by atoms with van der Waals surface area (Å²) in [7, 11) is 0. The van der Waals surface area contributed by atoms with Gasteiger partial charge in [-0.1, -0.05) is 5.21 Å². The van der Waals surface area contributed by atoms with E-state index in [9.17, 15) is 4.79 Å². The van der Waals surface area contributed by atoms with Gasteiger partial charge in [0.05, 0.1) is 24.1 Å². The second kappa shape index (κ2) is 4.17. The van der Waals surface area contributed by atoms with Gasteiger partial charge in [-0.15, -0.1) is 5.10 Å². The number of hydrogen-bond acceptors (Lipinski definition) is 5. The van der Waals surface area contributed by atoms with Crippen LogP contribution in [0, 0.1) is 0 Å². The molecule has 18 heavy (non-hydrogen) atoms. The van der Waals surface area contributed by atoms with Crippen molar-refractivity contribution in [1.29, 1.82) is 0 Å². The van der Waals surface area contributed by atoms with Crippen LogP contribution < -0.4 is 0 Å². The number of nitrogens with zero attached hydrogens (tertiary/aromatic N) is 5. The molecule has 1 N–H and O–H groups in total. The fraction of sp³-hybridized carbons (Fsp3) is 0.364. The van der Waals surface area contributed by atoms with Crippen LogP contribution in [0.3, 0.4) is 0 Å². The lowest BCUT2D eigenvalue weighted by Crippen LogP contribution is -2.09. The Kier molecular flexibility index (Phi) is 2.51. The lowest BCUT2D eigenvalue weighted by atomic mass is 10.2. The van der Waals surface area contributed by atoms with Crippen molar-refractivity contribution in [2.24, 2.45) is 0 Å². The predicted molar refractivity (Wildman–Crippen MR) is 60.1 cm³/mol. The SMILES string of the molecule is O=C(O)c1nnn(Cc2cnccn2)c1C1CC1. The van der Waals surface area contributed by atoms with E-state index in [1.807, 2.05) is 0 Å². The first-order chi connectivity index (χ1) is 8.75. The molecule has 1 aliphatic rings. The van der Waals surface area contributed by atoms with Gasteiger partial charge in [0.25, 0.3) is 0 Å². The Hall–Kier alpha value is -2.31. The number of rotatable bonds is 4. The lowest BCUT2D eigenvalue weighted by Gasteiger charge is -2.04. The third-order valence-corrected chi connectivity index (χ3v) is 2.87. The Bertz CT molecular complexity index is 576. The molecule has 0 radical (unpaired) electrons. The van der Waals surface area contributed by atoms with E-state index in [-0.39, 0.29) is 11.6 Å². The monoisotopic (exact) mass is 245 g/mol. The Morgan fingerprint density at radius 2 is 2.28 bits per heavy atom. The molecule has 92 valence electrons. The highest BCUT2D eigenvalue weighted by Crippen LogP contribution is 2.41. The minimum atomic E-state index is -1.03. The van der Waals surface area contributed by atoms with Crippen LogP contribution in [0.4, 0.5) is 0 Å². The van der Waals surface area contributed by atoms with E-state index in [1.165, 1.54) is 0 Å². The fourth-order valence-electron chi connectivity index (χ4n) is 1.92. The summed E-state index contributed by atoms with van der Waals surface area (Å²) >= 11 is 0. The van der Waals surface area contributed by atoms with Crippen molar-refractivity contribution in [2.45, 2.75) is 25.3 Å². The van der Waals surface area contributed by atoms with Crippen molar-refractivity contribution in [2.75, 3.05) is 0 Å². The van der Waals surface area contributed by atoms with Crippen LogP contribution in [0.25, 0.3) is 0 Å². The number of carboxylic acids is 1. The summed E-state index contributed by atoms with van der Waals surface area (Å²) < 4.78 is 1.62. The molecular weight excluding hydrogens is 234 g/mol. The van der Waals surface area contributed by atoms with Gasteiger partial charge in [-0.2, -0.15) is 0 Å². The van der Waals surface area contributed by atoms with E-state index in [0.29, 0.717) is 12.2 Å². The van der Waals surface area contributed by atoms with Gasteiger partial charge in [0.2, 0.25) is 0 Å². The molecule has 0 atom stereocenters. The predicted octanol–water partition coefficient (Wildman–Crippen LogP) is 0.692. The van der Waals surface area contributed by atoms with Crippen LogP contribution in [0.5, 0.6) is 0 Å². The maximum atomic E-state index is 11.1. The molecule has 1 saturated carbocycles. The van der Waals surface area contributed by atoms with Crippen LogP contribution in [0.2, 0.25) is 0 Å². The molecular formula is C11H11N5O2. The van der Waals surface area contributed by atoms with Gasteiger partial charge in [-0.05, 0) is 12.8 Å². The molecule has 1 fully saturated rings. The normalized spacial score (nSPS) is 14.7. The van der Waals surface area contributed by atoms with Gasteiger partial charge in [-0.25, -0.2) is 9.48 Å². The number of aromatic carboxylic acids is 1. The first-order valence-corrected chi connectivity index (χ1v) is 5.67. The molecule has 3 rings (SSSR count). The molecule has 0 spiro atoms. The fourth-order valence-corrected chi connectivity index (χ4v) is 1.92. The maximum Gasteiger partial charge on any atom is 0.358 e. The summed E-state index contributed by atoms with van der Waals surface area (Å²) in [5.74, 6) is -0.759. The summed E-state index contributed by atoms with van der Waals surface area (Å²) in [6.45, 7) is 0.403. The molecule has 2 aromatic rings. The molecule has 0 saturated heterocycles. The molecule has 2 aromatic heterocycles. The zero-order valence-corrected chi connectivity index (χ0v) is 9.52. The largest absolute Gasteiger partial charge is 0.476 e. The van der Waals surface area contributed by atoms with E-state index in [4.69, 9.17) is 5.11 Å². The van der Waals surface area contributed by atoms with E-state index in [0.717, 1.165) is 18.5 Å². The van der Waals surface area contributed by atoms with E-state index < -0.39 is 5.97 Å². The quantitative estimate of drug-likeness (QED) is 0.851. The standard InChI is InChI=1S/C11H11N5O2/c17-11(18)9-10(7-1-2-7)16(15-14-9)6-8-5-12-3-4-13-8/h3-5,7H,1-2,6H2,(H,17,18). The summed E-state index contributed by atoms with van der Waals surface area (Å²) in [6.07, 6.45) is 6.82. The Balaban J connectivity index is 1.95. The van der Waals surface area contributed by atoms with Crippen LogP contribution >= 0.6 is 0 Å². The average molecular weight is 245 g/mol. The number of hydrogen-bond donors (Lipinski definition) is 1. The zero-order valence-electron chi connectivity index (χ0n) is 9.52. The molecule has 0 unspecified atom stereocenters. The van der Waals surface area contributed by atoms with E-state index >= 15 is 0 Å². The second-order valence-corrected chi connectivity index (χ2v) is 4.26. The lowest BCUT2D eigenvalue weighted by molar-refractivity contribution is 0.0689. The van der Waals surface area contributed by atoms with Crippen LogP contribution in [-0.2, 0) is 6.54 Å². The van der Waals surface area contributed by atoms with Gasteiger partial charge in [0.15, 0.2) is 5.69 Å². The van der Waals surface area contributed by atoms with Gasteiger partial charge in [0.1, 0.15) is 0 Å². The molecule has 0 aromatic carbocycles. The molecule has 7 nitrogen and oxygen atoms in total. The second-order valence-electron chi connectivity index (χ2n) is 4.26. The van der Waals surface area contributed by atoms with Gasteiger partial charge >= 0.3 is 5.97 Å². The Labute approximate surface area is 102 Å². The molecule has 0 bridgehead atoms. The number of aromatic nitrogens is 5. The van der Waals surface area contributed by atoms with Gasteiger partial charge in [-0.3, -0.25) is 9.97 Å². The minimum absolute atomic E-state index is 0.0568. The molecule has 1 aliphatic carbocycles. The van der Waals surface area contributed by atoms with Crippen molar-refractivity contribution in [1.82, 2.24) is 25.0 Å². The van der Waals surface area contributed by atoms with Crippen molar-refractivity contribution < 1.29 is 9.90 Å².